The molecule has 16 heavy (non-hydrogen) atoms. The van der Waals surface area contributed by atoms with Gasteiger partial charge in [0.2, 0.25) is 0 Å². The van der Waals surface area contributed by atoms with Gasteiger partial charge in [0, 0.05) is 0 Å². The first kappa shape index (κ1) is 13.2. The Morgan fingerprint density at radius 2 is 2.19 bits per heavy atom. The average Bonchev–Trinajstić information content (AvgIpc) is 2.73. The molecule has 4 heteroatoms. The lowest BCUT2D eigenvalue weighted by atomic mass is 9.88. The number of rotatable bonds is 5. The molecule has 0 aliphatic heterocycles. The third-order valence-corrected chi connectivity index (χ3v) is 3.57. The molecule has 0 radical (unpaired) electrons. The van der Waals surface area contributed by atoms with Crippen LogP contribution in [0.4, 0.5) is 0 Å². The summed E-state index contributed by atoms with van der Waals surface area (Å²) in [6.07, 6.45) is 0.704. The second-order valence-corrected chi connectivity index (χ2v) is 4.62. The van der Waals surface area contributed by atoms with E-state index >= 15 is 0 Å². The number of ether oxygens (including phenoxy) is 1. The SMILES string of the molecule is CCOC(=O)C(CC)(c1ccsc1)N(C)C. The normalized spacial score (nSPS) is 14.8. The number of likely N-dealkylation sites (N-methyl/N-ethyl adjacent to an activating group) is 1. The van der Waals surface area contributed by atoms with Gasteiger partial charge in [-0.25, -0.2) is 4.79 Å². The van der Waals surface area contributed by atoms with Gasteiger partial charge < -0.3 is 4.74 Å². The summed E-state index contributed by atoms with van der Waals surface area (Å²) < 4.78 is 5.21. The first-order valence-electron chi connectivity index (χ1n) is 5.46. The fourth-order valence-corrected chi connectivity index (χ4v) is 2.70. The zero-order chi connectivity index (χ0) is 12.2. The van der Waals surface area contributed by atoms with Gasteiger partial charge in [0.25, 0.3) is 0 Å². The maximum atomic E-state index is 12.2. The molecule has 0 aliphatic rings. The molecule has 1 atom stereocenters. The van der Waals surface area contributed by atoms with Gasteiger partial charge in [-0.2, -0.15) is 11.3 Å². The molecule has 3 nitrogen and oxygen atoms in total. The predicted octanol–water partition coefficient (Wildman–Crippen LogP) is 2.48. The molecule has 90 valence electrons. The Labute approximate surface area is 101 Å². The van der Waals surface area contributed by atoms with Gasteiger partial charge in [-0.3, -0.25) is 4.90 Å². The number of carbonyl (C=O) groups excluding carboxylic acids is 1. The van der Waals surface area contributed by atoms with E-state index in [1.165, 1.54) is 0 Å². The van der Waals surface area contributed by atoms with Gasteiger partial charge in [0.05, 0.1) is 6.61 Å². The fraction of sp³-hybridized carbons (Fsp3) is 0.583. The summed E-state index contributed by atoms with van der Waals surface area (Å²) in [4.78, 5) is 14.1. The largest absolute Gasteiger partial charge is 0.464 e. The number of hydrogen-bond acceptors (Lipinski definition) is 4. The molecule has 1 rings (SSSR count). The van der Waals surface area contributed by atoms with Gasteiger partial charge in [-0.15, -0.1) is 0 Å². The molecule has 0 aromatic carbocycles. The summed E-state index contributed by atoms with van der Waals surface area (Å²) in [5.41, 5.74) is 0.374. The molecule has 1 heterocycles. The predicted molar refractivity (Wildman–Crippen MR) is 66.6 cm³/mol. The van der Waals surface area contributed by atoms with Crippen LogP contribution in [0.5, 0.6) is 0 Å². The molecular formula is C12H19NO2S. The van der Waals surface area contributed by atoms with E-state index in [1.54, 1.807) is 11.3 Å². The van der Waals surface area contributed by atoms with E-state index in [1.807, 2.05) is 49.7 Å². The smallest absolute Gasteiger partial charge is 0.331 e. The first-order valence-corrected chi connectivity index (χ1v) is 6.41. The quantitative estimate of drug-likeness (QED) is 0.742. The summed E-state index contributed by atoms with van der Waals surface area (Å²) in [5.74, 6) is -0.166. The first-order chi connectivity index (χ1) is 7.59. The molecule has 0 N–H and O–H groups in total. The molecular weight excluding hydrogens is 222 g/mol. The van der Waals surface area contributed by atoms with Crippen LogP contribution in [0.2, 0.25) is 0 Å². The van der Waals surface area contributed by atoms with Crippen LogP contribution in [-0.4, -0.2) is 31.6 Å². The van der Waals surface area contributed by atoms with Crippen LogP contribution in [0.15, 0.2) is 16.8 Å². The summed E-state index contributed by atoms with van der Waals surface area (Å²) in [6.45, 7) is 4.26. The minimum Gasteiger partial charge on any atom is -0.464 e. The lowest BCUT2D eigenvalue weighted by molar-refractivity contribution is -0.157. The van der Waals surface area contributed by atoms with E-state index in [0.29, 0.717) is 13.0 Å². The van der Waals surface area contributed by atoms with Crippen LogP contribution in [-0.2, 0) is 15.1 Å². The lowest BCUT2D eigenvalue weighted by Crippen LogP contribution is -2.48. The van der Waals surface area contributed by atoms with Crippen LogP contribution in [0.25, 0.3) is 0 Å². The van der Waals surface area contributed by atoms with Crippen molar-refractivity contribution in [3.05, 3.63) is 22.4 Å². The van der Waals surface area contributed by atoms with Crippen LogP contribution in [0.1, 0.15) is 25.8 Å². The van der Waals surface area contributed by atoms with Crippen molar-refractivity contribution in [3.63, 3.8) is 0 Å². The fourth-order valence-electron chi connectivity index (χ4n) is 1.97. The number of hydrogen-bond donors (Lipinski definition) is 0. The van der Waals surface area contributed by atoms with Gasteiger partial charge in [-0.1, -0.05) is 6.92 Å². The Morgan fingerprint density at radius 3 is 2.56 bits per heavy atom. The Hall–Kier alpha value is -0.870. The molecule has 0 bridgehead atoms. The molecule has 0 saturated heterocycles. The van der Waals surface area contributed by atoms with Crippen molar-refractivity contribution in [1.82, 2.24) is 4.90 Å². The Morgan fingerprint density at radius 1 is 1.50 bits per heavy atom. The summed E-state index contributed by atoms with van der Waals surface area (Å²) in [6, 6.07) is 1.99. The number of thiophene rings is 1. The van der Waals surface area contributed by atoms with Crippen molar-refractivity contribution in [3.8, 4) is 0 Å². The highest BCUT2D eigenvalue weighted by atomic mass is 32.1. The number of nitrogens with zero attached hydrogens (tertiary/aromatic N) is 1. The lowest BCUT2D eigenvalue weighted by Gasteiger charge is -2.36. The molecule has 0 fully saturated rings. The van der Waals surface area contributed by atoms with Crippen molar-refractivity contribution in [1.29, 1.82) is 0 Å². The Kier molecular flexibility index (Phi) is 4.50. The van der Waals surface area contributed by atoms with Crippen molar-refractivity contribution < 1.29 is 9.53 Å². The van der Waals surface area contributed by atoms with E-state index in [4.69, 9.17) is 4.74 Å². The van der Waals surface area contributed by atoms with Crippen molar-refractivity contribution in [2.75, 3.05) is 20.7 Å². The van der Waals surface area contributed by atoms with Crippen LogP contribution in [0.3, 0.4) is 0 Å². The molecule has 0 aliphatic carbocycles. The van der Waals surface area contributed by atoms with E-state index in [0.717, 1.165) is 5.56 Å². The second kappa shape index (κ2) is 5.46. The third-order valence-electron chi connectivity index (χ3n) is 2.89. The minimum atomic E-state index is -0.643. The maximum Gasteiger partial charge on any atom is 0.331 e. The Balaban J connectivity index is 3.15. The zero-order valence-corrected chi connectivity index (χ0v) is 11.1. The monoisotopic (exact) mass is 241 g/mol. The number of carbonyl (C=O) groups is 1. The van der Waals surface area contributed by atoms with Gasteiger partial charge in [0.1, 0.15) is 5.54 Å². The Bertz CT molecular complexity index is 335. The highest BCUT2D eigenvalue weighted by Crippen LogP contribution is 2.33. The molecule has 0 spiro atoms. The number of esters is 1. The second-order valence-electron chi connectivity index (χ2n) is 3.84. The summed E-state index contributed by atoms with van der Waals surface area (Å²) in [5, 5.41) is 4.00. The van der Waals surface area contributed by atoms with E-state index in [9.17, 15) is 4.79 Å². The average molecular weight is 241 g/mol. The highest BCUT2D eigenvalue weighted by molar-refractivity contribution is 7.08. The van der Waals surface area contributed by atoms with Crippen LogP contribution in [0, 0.1) is 0 Å². The third kappa shape index (κ3) is 2.13. The molecule has 1 aromatic rings. The van der Waals surface area contributed by atoms with Gasteiger partial charge in [-0.05, 0) is 49.8 Å². The van der Waals surface area contributed by atoms with E-state index in [2.05, 4.69) is 0 Å². The maximum absolute atomic E-state index is 12.2. The minimum absolute atomic E-state index is 0.166. The van der Waals surface area contributed by atoms with Crippen molar-refractivity contribution in [2.45, 2.75) is 25.8 Å². The molecule has 1 aromatic heterocycles. The van der Waals surface area contributed by atoms with Gasteiger partial charge in [0.15, 0.2) is 0 Å². The molecule has 1 unspecified atom stereocenters. The summed E-state index contributed by atoms with van der Waals surface area (Å²) in [7, 11) is 3.83. The van der Waals surface area contributed by atoms with Crippen LogP contribution < -0.4 is 0 Å². The van der Waals surface area contributed by atoms with E-state index in [-0.39, 0.29) is 5.97 Å². The molecule has 0 saturated carbocycles. The van der Waals surface area contributed by atoms with Crippen molar-refractivity contribution >= 4 is 17.3 Å². The zero-order valence-electron chi connectivity index (χ0n) is 10.3. The molecule has 0 amide bonds. The standard InChI is InChI=1S/C12H19NO2S/c1-5-12(13(3)4,11(14)15-6-2)10-7-8-16-9-10/h7-9H,5-6H2,1-4H3. The highest BCUT2D eigenvalue weighted by Gasteiger charge is 2.42. The van der Waals surface area contributed by atoms with Crippen molar-refractivity contribution in [2.24, 2.45) is 0 Å². The summed E-state index contributed by atoms with van der Waals surface area (Å²) >= 11 is 1.60. The van der Waals surface area contributed by atoms with Gasteiger partial charge >= 0.3 is 5.97 Å². The van der Waals surface area contributed by atoms with E-state index < -0.39 is 5.54 Å². The van der Waals surface area contributed by atoms with Crippen LogP contribution >= 0.6 is 11.3 Å². The topological polar surface area (TPSA) is 29.5 Å².